The molecule has 0 aliphatic carbocycles. The van der Waals surface area contributed by atoms with E-state index in [9.17, 15) is 19.5 Å². The van der Waals surface area contributed by atoms with Gasteiger partial charge in [0.05, 0.1) is 34.4 Å². The molecule has 0 aromatic carbocycles. The van der Waals surface area contributed by atoms with Gasteiger partial charge in [-0.05, 0) is 64.2 Å². The van der Waals surface area contributed by atoms with Crippen LogP contribution in [0.15, 0.2) is 60.8 Å². The van der Waals surface area contributed by atoms with Crippen LogP contribution in [0.5, 0.6) is 0 Å². The molecule has 0 aromatic rings. The fourth-order valence-corrected chi connectivity index (χ4v) is 6.14. The molecule has 59 heavy (non-hydrogen) atoms. The maximum Gasteiger partial charge on any atom is 0.361 e. The van der Waals surface area contributed by atoms with Gasteiger partial charge in [-0.1, -0.05) is 164 Å². The summed E-state index contributed by atoms with van der Waals surface area (Å²) in [6, 6.07) is 0. The van der Waals surface area contributed by atoms with E-state index in [1.807, 2.05) is 33.3 Å². The minimum absolute atomic E-state index is 0.137. The Hall–Kier alpha value is -3.01. The lowest BCUT2D eigenvalue weighted by atomic mass is 10.1. The first-order chi connectivity index (χ1) is 28.6. The Balaban J connectivity index is 4.41. The lowest BCUT2D eigenvalue weighted by Gasteiger charge is -2.25. The second-order valence-electron chi connectivity index (χ2n) is 16.7. The molecule has 0 aliphatic heterocycles. The van der Waals surface area contributed by atoms with Gasteiger partial charge in [0.15, 0.2) is 6.10 Å². The molecule has 0 heterocycles. The number of unbranched alkanes of at least 4 members (excludes halogenated alkanes) is 17. The van der Waals surface area contributed by atoms with Gasteiger partial charge in [-0.25, -0.2) is 4.79 Å². The third-order valence-corrected chi connectivity index (χ3v) is 9.77. The summed E-state index contributed by atoms with van der Waals surface area (Å²) in [4.78, 5) is 37.1. The number of aliphatic carboxylic acids is 1. The van der Waals surface area contributed by atoms with Crippen LogP contribution in [0.2, 0.25) is 0 Å². The summed E-state index contributed by atoms with van der Waals surface area (Å²) in [6.07, 6.45) is 47.4. The zero-order chi connectivity index (χ0) is 43.5. The van der Waals surface area contributed by atoms with Crippen molar-refractivity contribution < 1.29 is 42.9 Å². The number of hydrogen-bond acceptors (Lipinski definition) is 7. The fraction of sp³-hybridized carbons (Fsp3) is 0.740. The van der Waals surface area contributed by atoms with Crippen molar-refractivity contribution in [2.75, 3.05) is 47.5 Å². The van der Waals surface area contributed by atoms with E-state index < -0.39 is 24.3 Å². The summed E-state index contributed by atoms with van der Waals surface area (Å²) in [6.45, 7) is 4.66. The first-order valence-corrected chi connectivity index (χ1v) is 23.5. The second kappa shape index (κ2) is 41.7. The van der Waals surface area contributed by atoms with Crippen molar-refractivity contribution in [2.45, 2.75) is 193 Å². The average molecular weight is 831 g/mol. The molecule has 2 unspecified atom stereocenters. The molecule has 0 fully saturated rings. The van der Waals surface area contributed by atoms with Gasteiger partial charge in [-0.15, -0.1) is 0 Å². The fourth-order valence-electron chi connectivity index (χ4n) is 6.14. The molecule has 340 valence electrons. The van der Waals surface area contributed by atoms with E-state index in [4.69, 9.17) is 18.9 Å². The Kier molecular flexibility index (Phi) is 39.6. The molecule has 0 rings (SSSR count). The maximum atomic E-state index is 12.7. The Morgan fingerprint density at radius 2 is 1.00 bits per heavy atom. The van der Waals surface area contributed by atoms with Crippen LogP contribution in [-0.2, 0) is 33.3 Å². The maximum absolute atomic E-state index is 12.7. The zero-order valence-corrected chi connectivity index (χ0v) is 38.4. The molecule has 1 N–H and O–H groups in total. The number of carboxylic acids is 1. The van der Waals surface area contributed by atoms with E-state index in [1.54, 1.807) is 0 Å². The van der Waals surface area contributed by atoms with Gasteiger partial charge in [0.25, 0.3) is 6.29 Å². The Morgan fingerprint density at radius 1 is 0.525 bits per heavy atom. The van der Waals surface area contributed by atoms with E-state index in [0.29, 0.717) is 17.4 Å². The smallest absolute Gasteiger partial charge is 0.361 e. The van der Waals surface area contributed by atoms with Crippen molar-refractivity contribution in [3.63, 3.8) is 0 Å². The van der Waals surface area contributed by atoms with Crippen molar-refractivity contribution in [1.82, 2.24) is 0 Å². The topological polar surface area (TPSA) is 108 Å². The first-order valence-electron chi connectivity index (χ1n) is 23.5. The highest BCUT2D eigenvalue weighted by Crippen LogP contribution is 2.14. The highest BCUT2D eigenvalue weighted by molar-refractivity contribution is 5.71. The number of allylic oxidation sites excluding steroid dienone is 10. The van der Waals surface area contributed by atoms with Gasteiger partial charge < -0.3 is 28.5 Å². The summed E-state index contributed by atoms with van der Waals surface area (Å²) in [5.74, 6) is -2.12. The lowest BCUT2D eigenvalue weighted by Crippen LogP contribution is -2.40. The lowest BCUT2D eigenvalue weighted by molar-refractivity contribution is -0.870. The average Bonchev–Trinajstić information content (AvgIpc) is 3.19. The highest BCUT2D eigenvalue weighted by atomic mass is 16.7. The van der Waals surface area contributed by atoms with Gasteiger partial charge in [-0.2, -0.15) is 0 Å². The van der Waals surface area contributed by atoms with Crippen molar-refractivity contribution in [3.8, 4) is 0 Å². The van der Waals surface area contributed by atoms with Crippen LogP contribution in [-0.4, -0.2) is 87.4 Å². The van der Waals surface area contributed by atoms with E-state index in [2.05, 4.69) is 62.5 Å². The third-order valence-electron chi connectivity index (χ3n) is 9.77. The zero-order valence-electron chi connectivity index (χ0n) is 38.4. The normalized spacial score (nSPS) is 13.4. The minimum atomic E-state index is -1.53. The number of carbonyl (C=O) groups excluding carboxylic acids is 2. The van der Waals surface area contributed by atoms with E-state index in [1.165, 1.54) is 103 Å². The van der Waals surface area contributed by atoms with Crippen LogP contribution < -0.4 is 0 Å². The van der Waals surface area contributed by atoms with Crippen molar-refractivity contribution >= 4 is 17.9 Å². The summed E-state index contributed by atoms with van der Waals surface area (Å²) < 4.78 is 22.6. The van der Waals surface area contributed by atoms with E-state index in [-0.39, 0.29) is 38.6 Å². The summed E-state index contributed by atoms with van der Waals surface area (Å²) >= 11 is 0. The highest BCUT2D eigenvalue weighted by Gasteiger charge is 2.25. The van der Waals surface area contributed by atoms with Crippen LogP contribution in [0.25, 0.3) is 0 Å². The van der Waals surface area contributed by atoms with Crippen LogP contribution in [0.1, 0.15) is 181 Å². The van der Waals surface area contributed by atoms with Crippen molar-refractivity contribution in [1.29, 1.82) is 0 Å². The van der Waals surface area contributed by atoms with Gasteiger partial charge in [0, 0.05) is 12.8 Å². The number of esters is 2. The van der Waals surface area contributed by atoms with E-state index >= 15 is 0 Å². The summed E-state index contributed by atoms with van der Waals surface area (Å²) in [5, 5.41) is 9.63. The second-order valence-corrected chi connectivity index (χ2v) is 16.7. The van der Waals surface area contributed by atoms with Crippen molar-refractivity contribution in [2.24, 2.45) is 0 Å². The number of ether oxygens (including phenoxy) is 4. The van der Waals surface area contributed by atoms with Gasteiger partial charge >= 0.3 is 17.9 Å². The predicted molar refractivity (Wildman–Crippen MR) is 244 cm³/mol. The Morgan fingerprint density at radius 3 is 1.51 bits per heavy atom. The van der Waals surface area contributed by atoms with Crippen LogP contribution in [0.4, 0.5) is 0 Å². The largest absolute Gasteiger partial charge is 0.477 e. The minimum Gasteiger partial charge on any atom is -0.477 e. The molecule has 2 atom stereocenters. The molecule has 0 aliphatic rings. The molecule has 0 aromatic heterocycles. The van der Waals surface area contributed by atoms with Crippen LogP contribution in [0.3, 0.4) is 0 Å². The van der Waals surface area contributed by atoms with Crippen LogP contribution in [0, 0.1) is 0 Å². The molecule has 0 bridgehead atoms. The SMILES string of the molecule is CC/C=C\C/C=C\C/C=C\C/C=C\CCC(=O)OC(COC(=O)CCCCCCCCCCC/C=C\CCCCCCCCCC)COC(OCC[N+](C)(C)C)C(=O)O. The molecular formula is C50H88NO8+. The number of carboxylic acid groups (broad SMARTS) is 1. The molecule has 0 radical (unpaired) electrons. The molecule has 0 saturated carbocycles. The quantitative estimate of drug-likeness (QED) is 0.0213. The Labute approximate surface area is 361 Å². The third kappa shape index (κ3) is 42.9. The summed E-state index contributed by atoms with van der Waals surface area (Å²) in [5.41, 5.74) is 0. The van der Waals surface area contributed by atoms with Gasteiger partial charge in [0.2, 0.25) is 0 Å². The van der Waals surface area contributed by atoms with Crippen LogP contribution >= 0.6 is 0 Å². The number of nitrogens with zero attached hydrogens (tertiary/aromatic N) is 1. The van der Waals surface area contributed by atoms with Gasteiger partial charge in [0.1, 0.15) is 13.2 Å². The number of rotatable bonds is 42. The molecule has 0 amide bonds. The molecule has 0 spiro atoms. The standard InChI is InChI=1S/C50H87NO8/c1-6-8-10-12-14-16-18-20-21-22-23-24-25-26-27-29-30-32-34-36-38-40-47(52)57-44-46(45-58-50(49(54)55)56-43-42-51(3,4)5)59-48(53)41-39-37-35-33-31-28-19-17-15-13-11-9-7-2/h9,11,15,17,22-23,28,31,35,37,46,50H,6-8,10,12-14,16,18-21,24-27,29-30,32-34,36,38-45H2,1-5H3/p+1/b11-9-,17-15-,23-22-,31-28-,37-35-. The van der Waals surface area contributed by atoms with Gasteiger partial charge in [-0.3, -0.25) is 9.59 Å². The first kappa shape index (κ1) is 56.0. The number of quaternary nitrogens is 1. The van der Waals surface area contributed by atoms with E-state index in [0.717, 1.165) is 44.9 Å². The molecular weight excluding hydrogens is 743 g/mol. The number of likely N-dealkylation sites (N-methyl/N-ethyl adjacent to an activating group) is 1. The van der Waals surface area contributed by atoms with Crippen molar-refractivity contribution in [3.05, 3.63) is 60.8 Å². The number of hydrogen-bond donors (Lipinski definition) is 1. The summed E-state index contributed by atoms with van der Waals surface area (Å²) in [7, 11) is 5.93. The monoisotopic (exact) mass is 831 g/mol. The predicted octanol–water partition coefficient (Wildman–Crippen LogP) is 12.6. The molecule has 0 saturated heterocycles. The molecule has 9 nitrogen and oxygen atoms in total. The number of carbonyl (C=O) groups is 3. The molecule has 9 heteroatoms. The Bertz CT molecular complexity index is 1150.